The summed E-state index contributed by atoms with van der Waals surface area (Å²) < 4.78 is 69.1. The molecule has 0 radical (unpaired) electrons. The number of benzene rings is 3. The van der Waals surface area contributed by atoms with E-state index in [1.807, 2.05) is 24.3 Å². The SMILES string of the molecule is NN=Cc1cccc([C@H]2C[C@H]2C(=O)Nc2ccc(-c3cc(F)ccc3S(N)(=O)=O)cc2)c1.O=C(O)C(F)(F)F. The summed E-state index contributed by atoms with van der Waals surface area (Å²) in [5.41, 5.74) is 3.12. The molecule has 0 aromatic heterocycles. The van der Waals surface area contributed by atoms with Gasteiger partial charge in [-0.2, -0.15) is 18.3 Å². The predicted octanol–water partition coefficient (Wildman–Crippen LogP) is 3.81. The molecule has 0 spiro atoms. The number of rotatable bonds is 6. The molecule has 3 aromatic rings. The molecular weight excluding hydrogens is 544 g/mol. The van der Waals surface area contributed by atoms with Crippen LogP contribution in [0.2, 0.25) is 0 Å². The molecule has 206 valence electrons. The molecule has 0 saturated heterocycles. The number of primary sulfonamides is 1. The van der Waals surface area contributed by atoms with E-state index in [1.165, 1.54) is 0 Å². The Morgan fingerprint density at radius 3 is 2.26 bits per heavy atom. The minimum Gasteiger partial charge on any atom is -0.475 e. The van der Waals surface area contributed by atoms with Crippen LogP contribution in [0, 0.1) is 11.7 Å². The number of anilines is 1. The highest BCUT2D eigenvalue weighted by molar-refractivity contribution is 7.89. The van der Waals surface area contributed by atoms with Crippen LogP contribution in [0.4, 0.5) is 23.2 Å². The van der Waals surface area contributed by atoms with Crippen LogP contribution in [0.1, 0.15) is 23.5 Å². The maximum Gasteiger partial charge on any atom is 0.490 e. The van der Waals surface area contributed by atoms with E-state index >= 15 is 0 Å². The number of amides is 1. The van der Waals surface area contributed by atoms with Crippen molar-refractivity contribution in [1.29, 1.82) is 0 Å². The molecule has 39 heavy (non-hydrogen) atoms. The summed E-state index contributed by atoms with van der Waals surface area (Å²) in [5.74, 6) is 1.75. The summed E-state index contributed by atoms with van der Waals surface area (Å²) in [6.45, 7) is 0. The lowest BCUT2D eigenvalue weighted by molar-refractivity contribution is -0.192. The van der Waals surface area contributed by atoms with Gasteiger partial charge in [-0.05, 0) is 65.4 Å². The number of hydrazone groups is 1. The standard InChI is InChI=1S/C23H21FN4O3S.C2HF3O2/c24-17-6-9-22(32(26,30)31)20(11-17)15-4-7-18(8-5-15)28-23(29)21-12-19(21)16-3-1-2-14(10-16)13-27-25;3-2(4,5)1(6)7/h1-11,13,19,21H,12,25H2,(H,28,29)(H2,26,30,31);(H,6,7)/t19-,21-;/m1./s1. The number of hydrogen-bond donors (Lipinski definition) is 4. The Balaban J connectivity index is 0.000000532. The molecule has 3 aromatic carbocycles. The molecule has 1 aliphatic carbocycles. The largest absolute Gasteiger partial charge is 0.490 e. The summed E-state index contributed by atoms with van der Waals surface area (Å²) in [5, 5.41) is 18.8. The van der Waals surface area contributed by atoms with E-state index in [2.05, 4.69) is 10.4 Å². The maximum atomic E-state index is 13.7. The zero-order valence-corrected chi connectivity index (χ0v) is 20.7. The Morgan fingerprint density at radius 2 is 1.69 bits per heavy atom. The van der Waals surface area contributed by atoms with Crippen molar-refractivity contribution in [2.24, 2.45) is 22.0 Å². The molecule has 4 rings (SSSR count). The molecule has 1 aliphatic rings. The Morgan fingerprint density at radius 1 is 1.05 bits per heavy atom. The molecule has 1 saturated carbocycles. The van der Waals surface area contributed by atoms with Crippen LogP contribution in [0.5, 0.6) is 0 Å². The third kappa shape index (κ3) is 7.85. The highest BCUT2D eigenvalue weighted by Gasteiger charge is 2.44. The van der Waals surface area contributed by atoms with Crippen LogP contribution in [-0.2, 0) is 19.6 Å². The number of sulfonamides is 1. The number of carboxylic acid groups (broad SMARTS) is 1. The van der Waals surface area contributed by atoms with Crippen molar-refractivity contribution in [2.75, 3.05) is 5.32 Å². The predicted molar refractivity (Wildman–Crippen MR) is 135 cm³/mol. The third-order valence-corrected chi connectivity index (χ3v) is 6.61. The fourth-order valence-electron chi connectivity index (χ4n) is 3.75. The van der Waals surface area contributed by atoms with E-state index in [9.17, 15) is 30.8 Å². The second-order valence-corrected chi connectivity index (χ2v) is 9.98. The van der Waals surface area contributed by atoms with Gasteiger partial charge >= 0.3 is 12.1 Å². The van der Waals surface area contributed by atoms with Gasteiger partial charge in [0.1, 0.15) is 5.82 Å². The quantitative estimate of drug-likeness (QED) is 0.153. The van der Waals surface area contributed by atoms with E-state index in [0.717, 1.165) is 35.7 Å². The van der Waals surface area contributed by atoms with Crippen LogP contribution < -0.4 is 16.3 Å². The molecule has 1 amide bonds. The first-order valence-electron chi connectivity index (χ1n) is 11.1. The molecule has 0 unspecified atom stereocenters. The number of nitrogens with one attached hydrogen (secondary N) is 1. The molecule has 6 N–H and O–H groups in total. The first-order chi connectivity index (χ1) is 18.2. The van der Waals surface area contributed by atoms with Gasteiger partial charge in [-0.25, -0.2) is 22.7 Å². The van der Waals surface area contributed by atoms with Gasteiger partial charge in [0.25, 0.3) is 0 Å². The smallest absolute Gasteiger partial charge is 0.475 e. The van der Waals surface area contributed by atoms with Crippen molar-refractivity contribution in [2.45, 2.75) is 23.4 Å². The Labute approximate surface area is 220 Å². The van der Waals surface area contributed by atoms with E-state index < -0.39 is 28.0 Å². The van der Waals surface area contributed by atoms with Gasteiger partial charge in [-0.1, -0.05) is 30.3 Å². The van der Waals surface area contributed by atoms with Crippen LogP contribution in [0.15, 0.2) is 76.7 Å². The second-order valence-electron chi connectivity index (χ2n) is 8.45. The van der Waals surface area contributed by atoms with Crippen molar-refractivity contribution >= 4 is 33.8 Å². The zero-order valence-electron chi connectivity index (χ0n) is 19.9. The highest BCUT2D eigenvalue weighted by atomic mass is 32.2. The number of alkyl halides is 3. The van der Waals surface area contributed by atoms with Gasteiger partial charge in [0.15, 0.2) is 0 Å². The topological polar surface area (TPSA) is 165 Å². The Hall–Kier alpha value is -4.30. The minimum absolute atomic E-state index is 0.100. The number of hydrogen-bond acceptors (Lipinski definition) is 6. The van der Waals surface area contributed by atoms with Crippen LogP contribution in [0.25, 0.3) is 11.1 Å². The number of nitrogens with zero attached hydrogens (tertiary/aromatic N) is 1. The average Bonchev–Trinajstić information content (AvgIpc) is 3.65. The molecule has 0 heterocycles. The number of halogens is 4. The monoisotopic (exact) mass is 566 g/mol. The molecule has 0 aliphatic heterocycles. The fraction of sp³-hybridized carbons (Fsp3) is 0.160. The minimum atomic E-state index is -5.08. The lowest BCUT2D eigenvalue weighted by Crippen LogP contribution is -2.21. The molecule has 0 bridgehead atoms. The van der Waals surface area contributed by atoms with Crippen LogP contribution in [-0.4, -0.2) is 37.8 Å². The van der Waals surface area contributed by atoms with Crippen molar-refractivity contribution in [3.05, 3.63) is 83.7 Å². The van der Waals surface area contributed by atoms with Gasteiger partial charge in [0.2, 0.25) is 15.9 Å². The summed E-state index contributed by atoms with van der Waals surface area (Å²) in [6.07, 6.45) is -2.78. The van der Waals surface area contributed by atoms with E-state index in [1.54, 1.807) is 30.5 Å². The van der Waals surface area contributed by atoms with E-state index in [0.29, 0.717) is 11.3 Å². The average molecular weight is 567 g/mol. The van der Waals surface area contributed by atoms with Crippen LogP contribution >= 0.6 is 0 Å². The highest BCUT2D eigenvalue weighted by Crippen LogP contribution is 2.48. The lowest BCUT2D eigenvalue weighted by atomic mass is 10.0. The van der Waals surface area contributed by atoms with Gasteiger partial charge in [-0.3, -0.25) is 4.79 Å². The van der Waals surface area contributed by atoms with E-state index in [4.69, 9.17) is 20.9 Å². The first-order valence-corrected chi connectivity index (χ1v) is 12.6. The maximum absolute atomic E-state index is 13.7. The Kier molecular flexibility index (Phi) is 8.71. The van der Waals surface area contributed by atoms with Crippen molar-refractivity contribution in [1.82, 2.24) is 0 Å². The number of carboxylic acids is 1. The van der Waals surface area contributed by atoms with Crippen molar-refractivity contribution < 1.29 is 40.7 Å². The van der Waals surface area contributed by atoms with Gasteiger partial charge in [0.05, 0.1) is 11.1 Å². The normalized spacial score (nSPS) is 16.7. The van der Waals surface area contributed by atoms with Crippen molar-refractivity contribution in [3.63, 3.8) is 0 Å². The molecular formula is C25H22F4N4O5S. The Bertz CT molecular complexity index is 1510. The summed E-state index contributed by atoms with van der Waals surface area (Å²) in [4.78, 5) is 21.4. The third-order valence-electron chi connectivity index (χ3n) is 5.64. The zero-order chi connectivity index (χ0) is 29.0. The molecule has 1 fully saturated rings. The number of carbonyl (C=O) groups excluding carboxylic acids is 1. The molecule has 2 atom stereocenters. The number of aliphatic carboxylic acids is 1. The van der Waals surface area contributed by atoms with Gasteiger partial charge < -0.3 is 16.3 Å². The summed E-state index contributed by atoms with van der Waals surface area (Å²) >= 11 is 0. The number of nitrogens with two attached hydrogens (primary N) is 2. The summed E-state index contributed by atoms with van der Waals surface area (Å²) in [6, 6.07) is 17.5. The fourth-order valence-corrected chi connectivity index (χ4v) is 4.49. The van der Waals surface area contributed by atoms with Crippen molar-refractivity contribution in [3.8, 4) is 11.1 Å². The first kappa shape index (κ1) is 29.3. The van der Waals surface area contributed by atoms with Gasteiger partial charge in [-0.15, -0.1) is 0 Å². The summed E-state index contributed by atoms with van der Waals surface area (Å²) in [7, 11) is -4.02. The van der Waals surface area contributed by atoms with Gasteiger partial charge in [0, 0.05) is 17.2 Å². The van der Waals surface area contributed by atoms with Crippen LogP contribution in [0.3, 0.4) is 0 Å². The molecule has 14 heteroatoms. The number of carbonyl (C=O) groups is 2. The molecule has 9 nitrogen and oxygen atoms in total. The van der Waals surface area contributed by atoms with E-state index in [-0.39, 0.29) is 28.2 Å². The lowest BCUT2D eigenvalue weighted by Gasteiger charge is -2.10. The second kappa shape index (κ2) is 11.6.